The summed E-state index contributed by atoms with van der Waals surface area (Å²) in [5.41, 5.74) is -0.0323. The molecule has 1 aromatic rings. The molecule has 0 atom stereocenters. The van der Waals surface area contributed by atoms with Gasteiger partial charge in [-0.25, -0.2) is 0 Å². The average molecular weight is 316 g/mol. The summed E-state index contributed by atoms with van der Waals surface area (Å²) in [5.74, 6) is -0.103. The van der Waals surface area contributed by atoms with E-state index in [0.717, 1.165) is 22.2 Å². The average Bonchev–Trinajstić information content (AvgIpc) is 3.00. The van der Waals surface area contributed by atoms with Crippen LogP contribution in [-0.2, 0) is 4.79 Å². The molecule has 0 radical (unpaired) electrons. The molecule has 0 unspecified atom stereocenters. The van der Waals surface area contributed by atoms with E-state index in [1.807, 2.05) is 11.4 Å². The summed E-state index contributed by atoms with van der Waals surface area (Å²) in [6, 6.07) is 1.96. The van der Waals surface area contributed by atoms with E-state index < -0.39 is 0 Å². The number of nitrogens with one attached hydrogen (secondary N) is 1. The normalized spacial score (nSPS) is 17.3. The second kappa shape index (κ2) is 5.33. The van der Waals surface area contributed by atoms with E-state index in [2.05, 4.69) is 21.2 Å². The maximum absolute atomic E-state index is 11.5. The molecule has 5 heteroatoms. The molecule has 1 aliphatic rings. The van der Waals surface area contributed by atoms with Crippen LogP contribution in [0.4, 0.5) is 0 Å². The Kier molecular flexibility index (Phi) is 4.01. The molecule has 1 aliphatic carbocycles. The molecule has 1 saturated carbocycles. The van der Waals surface area contributed by atoms with Gasteiger partial charge in [0.15, 0.2) is 0 Å². The second-order valence-corrected chi connectivity index (χ2v) is 6.24. The van der Waals surface area contributed by atoms with Gasteiger partial charge in [-0.15, -0.1) is 11.3 Å². The van der Waals surface area contributed by atoms with Crippen LogP contribution in [0, 0.1) is 5.41 Å². The van der Waals surface area contributed by atoms with Crippen LogP contribution in [-0.4, -0.2) is 24.2 Å². The fraction of sp³-hybridized carbons (Fsp3) is 0.417. The number of carbonyl (C=O) groups excluding carboxylic acids is 1. The van der Waals surface area contributed by atoms with Gasteiger partial charge in [-0.05, 0) is 40.9 Å². The Bertz CT molecular complexity index is 437. The Balaban J connectivity index is 1.79. The quantitative estimate of drug-likeness (QED) is 0.820. The molecule has 0 aromatic carbocycles. The van der Waals surface area contributed by atoms with Gasteiger partial charge >= 0.3 is 0 Å². The lowest BCUT2D eigenvalue weighted by atomic mass is 10.1. The van der Waals surface area contributed by atoms with Crippen molar-refractivity contribution in [3.05, 3.63) is 26.9 Å². The zero-order chi connectivity index (χ0) is 12.3. The van der Waals surface area contributed by atoms with Gasteiger partial charge in [0.25, 0.3) is 0 Å². The topological polar surface area (TPSA) is 49.3 Å². The van der Waals surface area contributed by atoms with Gasteiger partial charge in [0.1, 0.15) is 0 Å². The van der Waals surface area contributed by atoms with Crippen LogP contribution >= 0.6 is 27.3 Å². The molecule has 2 N–H and O–H groups in total. The minimum Gasteiger partial charge on any atom is -0.396 e. The molecule has 1 heterocycles. The van der Waals surface area contributed by atoms with Gasteiger partial charge < -0.3 is 10.4 Å². The fourth-order valence-corrected chi connectivity index (χ4v) is 2.81. The molecular formula is C12H14BrNO2S. The number of hydrogen-bond acceptors (Lipinski definition) is 3. The Morgan fingerprint density at radius 2 is 2.41 bits per heavy atom. The predicted octanol–water partition coefficient (Wildman–Crippen LogP) is 2.41. The number of hydrogen-bond donors (Lipinski definition) is 2. The van der Waals surface area contributed by atoms with E-state index in [-0.39, 0.29) is 17.9 Å². The highest BCUT2D eigenvalue weighted by molar-refractivity contribution is 9.10. The van der Waals surface area contributed by atoms with Crippen LogP contribution in [0.3, 0.4) is 0 Å². The number of amides is 1. The molecule has 17 heavy (non-hydrogen) atoms. The third-order valence-electron chi connectivity index (χ3n) is 2.92. The monoisotopic (exact) mass is 315 g/mol. The van der Waals surface area contributed by atoms with Crippen molar-refractivity contribution in [2.24, 2.45) is 5.41 Å². The van der Waals surface area contributed by atoms with Crippen molar-refractivity contribution in [2.75, 3.05) is 13.2 Å². The van der Waals surface area contributed by atoms with Crippen molar-refractivity contribution in [3.63, 3.8) is 0 Å². The Hall–Kier alpha value is -0.650. The van der Waals surface area contributed by atoms with Crippen LogP contribution in [0.15, 0.2) is 22.0 Å². The van der Waals surface area contributed by atoms with Crippen molar-refractivity contribution in [1.82, 2.24) is 5.32 Å². The Morgan fingerprint density at radius 1 is 1.65 bits per heavy atom. The van der Waals surface area contributed by atoms with E-state index in [4.69, 9.17) is 5.11 Å². The number of halogens is 1. The molecule has 0 aliphatic heterocycles. The van der Waals surface area contributed by atoms with Crippen LogP contribution in [0.2, 0.25) is 0 Å². The Morgan fingerprint density at radius 3 is 2.94 bits per heavy atom. The molecule has 0 saturated heterocycles. The van der Waals surface area contributed by atoms with Gasteiger partial charge in [0, 0.05) is 32.8 Å². The first kappa shape index (κ1) is 12.8. The lowest BCUT2D eigenvalue weighted by molar-refractivity contribution is -0.116. The summed E-state index contributed by atoms with van der Waals surface area (Å²) in [6.45, 7) is 0.732. The minimum atomic E-state index is -0.103. The van der Waals surface area contributed by atoms with Gasteiger partial charge in [-0.1, -0.05) is 0 Å². The lowest BCUT2D eigenvalue weighted by Gasteiger charge is -2.10. The smallest absolute Gasteiger partial charge is 0.244 e. The zero-order valence-corrected chi connectivity index (χ0v) is 11.7. The van der Waals surface area contributed by atoms with Crippen LogP contribution in [0.25, 0.3) is 6.08 Å². The number of carbonyl (C=O) groups is 1. The van der Waals surface area contributed by atoms with Crippen molar-refractivity contribution in [1.29, 1.82) is 0 Å². The molecule has 0 bridgehead atoms. The van der Waals surface area contributed by atoms with E-state index in [1.54, 1.807) is 17.4 Å². The van der Waals surface area contributed by atoms with Crippen molar-refractivity contribution >= 4 is 39.2 Å². The molecule has 2 rings (SSSR count). The number of thiophene rings is 1. The van der Waals surface area contributed by atoms with Crippen LogP contribution in [0.1, 0.15) is 17.7 Å². The van der Waals surface area contributed by atoms with Crippen LogP contribution < -0.4 is 5.32 Å². The molecule has 1 amide bonds. The summed E-state index contributed by atoms with van der Waals surface area (Å²) in [6.07, 6.45) is 5.34. The molecule has 1 fully saturated rings. The summed E-state index contributed by atoms with van der Waals surface area (Å²) in [4.78, 5) is 12.6. The second-order valence-electron chi connectivity index (χ2n) is 4.38. The largest absolute Gasteiger partial charge is 0.396 e. The summed E-state index contributed by atoms with van der Waals surface area (Å²) in [5, 5.41) is 13.9. The maximum atomic E-state index is 11.5. The summed E-state index contributed by atoms with van der Waals surface area (Å²) in [7, 11) is 0. The van der Waals surface area contributed by atoms with Crippen molar-refractivity contribution in [3.8, 4) is 0 Å². The minimum absolute atomic E-state index is 0.0323. The maximum Gasteiger partial charge on any atom is 0.244 e. The SMILES string of the molecule is O=C(/C=C/c1cc(Br)cs1)NCC1(CO)CC1. The van der Waals surface area contributed by atoms with E-state index in [9.17, 15) is 4.79 Å². The van der Waals surface area contributed by atoms with Gasteiger partial charge in [0.2, 0.25) is 5.91 Å². The van der Waals surface area contributed by atoms with E-state index >= 15 is 0 Å². The van der Waals surface area contributed by atoms with Crippen molar-refractivity contribution in [2.45, 2.75) is 12.8 Å². The highest BCUT2D eigenvalue weighted by Gasteiger charge is 2.41. The van der Waals surface area contributed by atoms with Crippen molar-refractivity contribution < 1.29 is 9.90 Å². The molecular weight excluding hydrogens is 302 g/mol. The van der Waals surface area contributed by atoms with E-state index in [1.165, 1.54) is 6.08 Å². The standard InChI is InChI=1S/C12H14BrNO2S/c13-9-5-10(17-6-9)1-2-11(16)14-7-12(8-15)3-4-12/h1-2,5-6,15H,3-4,7-8H2,(H,14,16)/b2-1+. The van der Waals surface area contributed by atoms with Crippen LogP contribution in [0.5, 0.6) is 0 Å². The lowest BCUT2D eigenvalue weighted by Crippen LogP contribution is -2.30. The first-order valence-electron chi connectivity index (χ1n) is 5.44. The zero-order valence-electron chi connectivity index (χ0n) is 9.28. The number of aliphatic hydroxyl groups is 1. The van der Waals surface area contributed by atoms with Gasteiger partial charge in [-0.2, -0.15) is 0 Å². The summed E-state index contributed by atoms with van der Waals surface area (Å²) < 4.78 is 1.03. The fourth-order valence-electron chi connectivity index (χ4n) is 1.47. The van der Waals surface area contributed by atoms with E-state index in [0.29, 0.717) is 6.54 Å². The summed E-state index contributed by atoms with van der Waals surface area (Å²) >= 11 is 4.94. The predicted molar refractivity (Wildman–Crippen MR) is 72.8 cm³/mol. The first-order valence-corrected chi connectivity index (χ1v) is 7.12. The van der Waals surface area contributed by atoms with Gasteiger partial charge in [-0.3, -0.25) is 4.79 Å². The highest BCUT2D eigenvalue weighted by atomic mass is 79.9. The molecule has 1 aromatic heterocycles. The number of rotatable bonds is 5. The molecule has 3 nitrogen and oxygen atoms in total. The highest BCUT2D eigenvalue weighted by Crippen LogP contribution is 2.44. The third kappa shape index (κ3) is 3.66. The Labute approximate surface area is 113 Å². The third-order valence-corrected chi connectivity index (χ3v) is 4.58. The first-order chi connectivity index (χ1) is 8.13. The van der Waals surface area contributed by atoms with Gasteiger partial charge in [0.05, 0.1) is 6.61 Å². The molecule has 0 spiro atoms. The molecule has 92 valence electrons. The number of aliphatic hydroxyl groups excluding tert-OH is 1.